The van der Waals surface area contributed by atoms with Gasteiger partial charge in [-0.2, -0.15) is 0 Å². The normalized spacial score (nSPS) is 21.7. The average Bonchev–Trinajstić information content (AvgIpc) is 3.34. The first-order valence-electron chi connectivity index (χ1n) is 10.4. The van der Waals surface area contributed by atoms with Crippen molar-refractivity contribution in [1.82, 2.24) is 20.9 Å². The molecule has 3 rings (SSSR count). The number of rotatable bonds is 9. The van der Waals surface area contributed by atoms with Crippen molar-refractivity contribution in [3.63, 3.8) is 0 Å². The average molecular weight is 453 g/mol. The van der Waals surface area contributed by atoms with Gasteiger partial charge in [0.05, 0.1) is 7.11 Å². The Labute approximate surface area is 186 Å². The van der Waals surface area contributed by atoms with Crippen LogP contribution in [-0.2, 0) is 19.1 Å². The van der Waals surface area contributed by atoms with Gasteiger partial charge in [-0.1, -0.05) is 24.4 Å². The quantitative estimate of drug-likeness (QED) is 0.422. The van der Waals surface area contributed by atoms with Crippen molar-refractivity contribution < 1.29 is 23.9 Å². The molecule has 3 amide bonds. The zero-order chi connectivity index (χ0) is 22.8. The minimum absolute atomic E-state index is 0.129. The second-order valence-electron chi connectivity index (χ2n) is 9.02. The van der Waals surface area contributed by atoms with Gasteiger partial charge in [0.1, 0.15) is 22.9 Å². The highest BCUT2D eigenvalue weighted by molar-refractivity contribution is 6.29. The Bertz CT molecular complexity index is 864. The summed E-state index contributed by atoms with van der Waals surface area (Å²) in [5.41, 5.74) is -0.125. The van der Waals surface area contributed by atoms with E-state index < -0.39 is 35.8 Å². The van der Waals surface area contributed by atoms with Crippen LogP contribution in [0.3, 0.4) is 0 Å². The summed E-state index contributed by atoms with van der Waals surface area (Å²) in [6.45, 7) is 3.81. The third-order valence-electron chi connectivity index (χ3n) is 5.69. The van der Waals surface area contributed by atoms with Crippen LogP contribution in [0, 0.1) is 11.8 Å². The predicted octanol–water partition coefficient (Wildman–Crippen LogP) is 1.53. The molecule has 1 aromatic rings. The van der Waals surface area contributed by atoms with Crippen LogP contribution in [0.4, 0.5) is 0 Å². The molecule has 1 aromatic heterocycles. The Morgan fingerprint density at radius 2 is 1.90 bits per heavy atom. The molecule has 1 aliphatic heterocycles. The molecule has 1 saturated carbocycles. The smallest absolute Gasteiger partial charge is 0.328 e. The van der Waals surface area contributed by atoms with Gasteiger partial charge >= 0.3 is 5.97 Å². The van der Waals surface area contributed by atoms with Crippen molar-refractivity contribution in [1.29, 1.82) is 0 Å². The maximum absolute atomic E-state index is 13.0. The molecule has 0 spiro atoms. The van der Waals surface area contributed by atoms with E-state index in [4.69, 9.17) is 16.3 Å². The molecular formula is C21H29ClN4O5. The molecule has 2 aliphatic rings. The predicted molar refractivity (Wildman–Crippen MR) is 113 cm³/mol. The number of H-pyrrole nitrogens is 1. The number of amides is 3. The highest BCUT2D eigenvalue weighted by Crippen LogP contribution is 2.34. The van der Waals surface area contributed by atoms with E-state index in [-0.39, 0.29) is 23.6 Å². The summed E-state index contributed by atoms with van der Waals surface area (Å²) in [4.78, 5) is 52.9. The minimum Gasteiger partial charge on any atom is -0.467 e. The van der Waals surface area contributed by atoms with E-state index in [9.17, 15) is 19.2 Å². The second kappa shape index (κ2) is 9.30. The van der Waals surface area contributed by atoms with Gasteiger partial charge < -0.3 is 25.7 Å². The van der Waals surface area contributed by atoms with Crippen molar-refractivity contribution in [3.05, 3.63) is 23.0 Å². The number of aromatic amines is 1. The number of halogens is 1. The van der Waals surface area contributed by atoms with Gasteiger partial charge in [-0.25, -0.2) is 4.79 Å². The number of hydrogen-bond donors (Lipinski definition) is 4. The molecule has 9 nitrogen and oxygen atoms in total. The molecule has 10 heteroatoms. The highest BCUT2D eigenvalue weighted by atomic mass is 35.5. The number of esters is 1. The topological polar surface area (TPSA) is 129 Å². The zero-order valence-corrected chi connectivity index (χ0v) is 18.7. The number of carbonyl (C=O) groups excluding carboxylic acids is 4. The van der Waals surface area contributed by atoms with Gasteiger partial charge in [0.2, 0.25) is 11.8 Å². The molecular weight excluding hydrogens is 424 g/mol. The Balaban J connectivity index is 1.68. The summed E-state index contributed by atoms with van der Waals surface area (Å²) in [5, 5.41) is 8.62. The first-order chi connectivity index (χ1) is 14.6. The van der Waals surface area contributed by atoms with E-state index in [1.807, 2.05) is 13.8 Å². The number of aromatic nitrogens is 1. The Kier molecular flexibility index (Phi) is 6.93. The third-order valence-corrected chi connectivity index (χ3v) is 5.91. The largest absolute Gasteiger partial charge is 0.467 e. The number of ether oxygens (including phenoxy) is 1. The van der Waals surface area contributed by atoms with Crippen molar-refractivity contribution in [2.45, 2.75) is 63.6 Å². The Hall–Kier alpha value is -2.55. The molecule has 0 bridgehead atoms. The standard InChI is InChI=1S/C21H29ClN4O5/c1-21(2)10-12(17(27)26-21)9-15(20(30)31-3)25-19(29)14(8-11-4-5-11)24-18(28)13-6-7-16(22)23-13/h6-7,11-12,14-15,23H,4-5,8-10H2,1-3H3,(H,24,28)(H,25,29)(H,26,27)/t12-,14+,15?/m1/s1. The lowest BCUT2D eigenvalue weighted by atomic mass is 9.91. The Morgan fingerprint density at radius 3 is 2.42 bits per heavy atom. The molecule has 1 aliphatic carbocycles. The molecule has 0 radical (unpaired) electrons. The molecule has 4 N–H and O–H groups in total. The summed E-state index contributed by atoms with van der Waals surface area (Å²) in [6, 6.07) is 1.28. The van der Waals surface area contributed by atoms with E-state index >= 15 is 0 Å². The van der Waals surface area contributed by atoms with Crippen LogP contribution in [0.1, 0.15) is 56.4 Å². The van der Waals surface area contributed by atoms with E-state index in [1.54, 1.807) is 6.07 Å². The van der Waals surface area contributed by atoms with Crippen LogP contribution >= 0.6 is 11.6 Å². The third kappa shape index (κ3) is 6.22. The fraction of sp³-hybridized carbons (Fsp3) is 0.619. The van der Waals surface area contributed by atoms with E-state index in [2.05, 4.69) is 20.9 Å². The van der Waals surface area contributed by atoms with Crippen LogP contribution in [0.25, 0.3) is 0 Å². The molecule has 2 fully saturated rings. The summed E-state index contributed by atoms with van der Waals surface area (Å²) < 4.78 is 4.84. The summed E-state index contributed by atoms with van der Waals surface area (Å²) in [7, 11) is 1.23. The van der Waals surface area contributed by atoms with Gasteiger partial charge in [0, 0.05) is 11.5 Å². The summed E-state index contributed by atoms with van der Waals surface area (Å²) in [6.07, 6.45) is 3.13. The van der Waals surface area contributed by atoms with Crippen LogP contribution in [-0.4, -0.2) is 53.4 Å². The fourth-order valence-electron chi connectivity index (χ4n) is 3.95. The minimum atomic E-state index is -0.985. The van der Waals surface area contributed by atoms with Crippen LogP contribution in [0.2, 0.25) is 5.15 Å². The lowest BCUT2D eigenvalue weighted by Crippen LogP contribution is -2.52. The van der Waals surface area contributed by atoms with E-state index in [1.165, 1.54) is 13.2 Å². The Morgan fingerprint density at radius 1 is 1.19 bits per heavy atom. The maximum atomic E-state index is 13.0. The molecule has 0 aromatic carbocycles. The maximum Gasteiger partial charge on any atom is 0.328 e. The van der Waals surface area contributed by atoms with Gasteiger partial charge in [-0.3, -0.25) is 14.4 Å². The van der Waals surface area contributed by atoms with Crippen molar-refractivity contribution in [3.8, 4) is 0 Å². The number of methoxy groups -OCH3 is 1. The lowest BCUT2D eigenvalue weighted by Gasteiger charge is -2.23. The number of carbonyl (C=O) groups is 4. The SMILES string of the molecule is COC(=O)C(C[C@@H]1CC(C)(C)NC1=O)NC(=O)[C@H](CC1CC1)NC(=O)c1ccc(Cl)[nH]1. The van der Waals surface area contributed by atoms with Gasteiger partial charge in [0.25, 0.3) is 5.91 Å². The molecule has 170 valence electrons. The summed E-state index contributed by atoms with van der Waals surface area (Å²) in [5.74, 6) is -1.79. The number of hydrogen-bond acceptors (Lipinski definition) is 5. The van der Waals surface area contributed by atoms with Gasteiger partial charge in [-0.15, -0.1) is 0 Å². The second-order valence-corrected chi connectivity index (χ2v) is 9.43. The van der Waals surface area contributed by atoms with Crippen LogP contribution in [0.5, 0.6) is 0 Å². The molecule has 1 unspecified atom stereocenters. The molecule has 31 heavy (non-hydrogen) atoms. The molecule has 1 saturated heterocycles. The van der Waals surface area contributed by atoms with Gasteiger partial charge in [-0.05, 0) is 51.2 Å². The monoisotopic (exact) mass is 452 g/mol. The fourth-order valence-corrected chi connectivity index (χ4v) is 4.12. The zero-order valence-electron chi connectivity index (χ0n) is 17.9. The highest BCUT2D eigenvalue weighted by Gasteiger charge is 2.41. The lowest BCUT2D eigenvalue weighted by molar-refractivity contribution is -0.146. The van der Waals surface area contributed by atoms with Crippen molar-refractivity contribution in [2.75, 3.05) is 7.11 Å². The van der Waals surface area contributed by atoms with E-state index in [0.29, 0.717) is 23.9 Å². The van der Waals surface area contributed by atoms with Crippen LogP contribution < -0.4 is 16.0 Å². The van der Waals surface area contributed by atoms with Crippen molar-refractivity contribution >= 4 is 35.3 Å². The molecule has 2 heterocycles. The first kappa shape index (κ1) is 23.1. The summed E-state index contributed by atoms with van der Waals surface area (Å²) >= 11 is 5.83. The first-order valence-corrected chi connectivity index (χ1v) is 10.8. The molecule has 3 atom stereocenters. The van der Waals surface area contributed by atoms with E-state index in [0.717, 1.165) is 12.8 Å². The number of nitrogens with one attached hydrogen (secondary N) is 4. The van der Waals surface area contributed by atoms with Crippen molar-refractivity contribution in [2.24, 2.45) is 11.8 Å². The van der Waals surface area contributed by atoms with Crippen LogP contribution in [0.15, 0.2) is 12.1 Å². The van der Waals surface area contributed by atoms with Gasteiger partial charge in [0.15, 0.2) is 0 Å².